The van der Waals surface area contributed by atoms with Gasteiger partial charge in [0.05, 0.1) is 17.6 Å². The molecule has 1 aliphatic rings. The molecular weight excluding hydrogens is 414 g/mol. The second-order valence-electron chi connectivity index (χ2n) is 8.20. The lowest BCUT2D eigenvalue weighted by Crippen LogP contribution is -2.43. The first-order chi connectivity index (χ1) is 16.1. The van der Waals surface area contributed by atoms with Gasteiger partial charge >= 0.3 is 0 Å². The number of nitrogens with two attached hydrogens (primary N) is 2. The molecule has 164 valence electrons. The van der Waals surface area contributed by atoms with Gasteiger partial charge in [-0.2, -0.15) is 5.10 Å². The van der Waals surface area contributed by atoms with E-state index in [9.17, 15) is 4.79 Å². The Morgan fingerprint density at radius 3 is 2.48 bits per heavy atom. The van der Waals surface area contributed by atoms with E-state index in [4.69, 9.17) is 16.7 Å². The number of aromatic nitrogens is 3. The molecule has 1 saturated carbocycles. The Labute approximate surface area is 190 Å². The zero-order chi connectivity index (χ0) is 22.8. The largest absolute Gasteiger partial charge is 0.321 e. The van der Waals surface area contributed by atoms with E-state index >= 15 is 0 Å². The molecule has 2 heterocycles. The van der Waals surface area contributed by atoms with E-state index in [0.717, 1.165) is 40.8 Å². The quantitative estimate of drug-likeness (QED) is 0.209. The van der Waals surface area contributed by atoms with Gasteiger partial charge in [-0.3, -0.25) is 4.79 Å². The molecule has 2 aromatic heterocycles. The number of rotatable bonds is 5. The van der Waals surface area contributed by atoms with Gasteiger partial charge in [-0.25, -0.2) is 9.50 Å². The lowest BCUT2D eigenvalue weighted by atomic mass is 9.72. The van der Waals surface area contributed by atoms with Gasteiger partial charge in [0, 0.05) is 22.7 Å². The van der Waals surface area contributed by atoms with E-state index in [-0.39, 0.29) is 5.54 Å². The zero-order valence-corrected chi connectivity index (χ0v) is 17.9. The van der Waals surface area contributed by atoms with Crippen LogP contribution in [0.4, 0.5) is 0 Å². The molecule has 1 aliphatic carbocycles. The Hall–Kier alpha value is -4.17. The van der Waals surface area contributed by atoms with Gasteiger partial charge in [-0.1, -0.05) is 64.9 Å². The minimum atomic E-state index is -0.559. The summed E-state index contributed by atoms with van der Waals surface area (Å²) >= 11 is 0. The summed E-state index contributed by atoms with van der Waals surface area (Å²) in [6, 6.07) is 20.4. The van der Waals surface area contributed by atoms with Crippen LogP contribution in [0.3, 0.4) is 0 Å². The molecule has 4 aromatic rings. The molecule has 0 aliphatic heterocycles. The molecular formula is C25H23N7O. The molecule has 8 heteroatoms. The number of hydrogen-bond donors (Lipinski definition) is 2. The van der Waals surface area contributed by atoms with Crippen molar-refractivity contribution in [1.29, 1.82) is 0 Å². The SMILES string of the molecule is NN=NC(=O)/C=C/c1cnc2cc(-c3ccccc3)c(-c3ccc(C4(N)CCC4)cc3)nn12. The molecule has 0 saturated heterocycles. The Bertz CT molecular complexity index is 1370. The molecule has 1 amide bonds. The normalized spacial score (nSPS) is 15.3. The van der Waals surface area contributed by atoms with Crippen LogP contribution in [0.2, 0.25) is 0 Å². The number of carbonyl (C=O) groups is 1. The maximum Gasteiger partial charge on any atom is 0.290 e. The summed E-state index contributed by atoms with van der Waals surface area (Å²) in [4.78, 5) is 16.1. The standard InChI is InChI=1S/C25H23N7O/c26-25(13-4-14-25)19-9-7-18(8-10-19)24-21(17-5-2-1-3-6-17)15-22-28-16-20(32(22)30-24)11-12-23(33)29-31-27/h1-3,5-12,15-16H,4,13-14,26H2,(H2,27,29,33)/b12-11+. The fourth-order valence-electron chi connectivity index (χ4n) is 4.15. The van der Waals surface area contributed by atoms with Crippen LogP contribution in [0, 0.1) is 0 Å². The number of fused-ring (bicyclic) bond motifs is 1. The average molecular weight is 438 g/mol. The molecule has 0 radical (unpaired) electrons. The average Bonchev–Trinajstić information content (AvgIpc) is 3.23. The summed E-state index contributed by atoms with van der Waals surface area (Å²) < 4.78 is 1.70. The Morgan fingerprint density at radius 1 is 1.06 bits per heavy atom. The first-order valence-corrected chi connectivity index (χ1v) is 10.7. The monoisotopic (exact) mass is 437 g/mol. The number of imidazole rings is 1. The molecule has 0 atom stereocenters. The molecule has 0 spiro atoms. The highest BCUT2D eigenvalue weighted by Crippen LogP contribution is 2.39. The summed E-state index contributed by atoms with van der Waals surface area (Å²) in [5, 5.41) is 11.2. The smallest absolute Gasteiger partial charge is 0.290 e. The highest BCUT2D eigenvalue weighted by atomic mass is 16.1. The Morgan fingerprint density at radius 2 is 1.82 bits per heavy atom. The molecule has 2 aromatic carbocycles. The van der Waals surface area contributed by atoms with Crippen molar-refractivity contribution in [1.82, 2.24) is 14.6 Å². The molecule has 4 N–H and O–H groups in total. The molecule has 5 rings (SSSR count). The van der Waals surface area contributed by atoms with Gasteiger partial charge < -0.3 is 11.6 Å². The highest BCUT2D eigenvalue weighted by molar-refractivity contribution is 5.92. The predicted molar refractivity (Wildman–Crippen MR) is 127 cm³/mol. The van der Waals surface area contributed by atoms with Crippen LogP contribution >= 0.6 is 0 Å². The van der Waals surface area contributed by atoms with E-state index in [1.165, 1.54) is 12.5 Å². The van der Waals surface area contributed by atoms with Gasteiger partial charge in [0.25, 0.3) is 5.91 Å². The first-order valence-electron chi connectivity index (χ1n) is 10.7. The van der Waals surface area contributed by atoms with E-state index in [2.05, 4.69) is 51.7 Å². The van der Waals surface area contributed by atoms with Crippen LogP contribution in [0.5, 0.6) is 0 Å². The third-order valence-electron chi connectivity index (χ3n) is 6.14. The van der Waals surface area contributed by atoms with Crippen molar-refractivity contribution in [2.75, 3.05) is 0 Å². The van der Waals surface area contributed by atoms with Crippen LogP contribution < -0.4 is 11.6 Å². The van der Waals surface area contributed by atoms with E-state index in [0.29, 0.717) is 11.3 Å². The number of hydrogen-bond acceptors (Lipinski definition) is 5. The van der Waals surface area contributed by atoms with Crippen molar-refractivity contribution in [3.8, 4) is 22.4 Å². The van der Waals surface area contributed by atoms with E-state index in [1.54, 1.807) is 16.8 Å². The Kier molecular flexibility index (Phi) is 5.27. The summed E-state index contributed by atoms with van der Waals surface area (Å²) in [5.74, 6) is 4.38. The van der Waals surface area contributed by atoms with Crippen molar-refractivity contribution < 1.29 is 4.79 Å². The highest BCUT2D eigenvalue weighted by Gasteiger charge is 2.34. The Balaban J connectivity index is 1.63. The predicted octanol–water partition coefficient (Wildman–Crippen LogP) is 4.27. The molecule has 33 heavy (non-hydrogen) atoms. The fourth-order valence-corrected chi connectivity index (χ4v) is 4.15. The second kappa shape index (κ2) is 8.40. The minimum absolute atomic E-state index is 0.214. The minimum Gasteiger partial charge on any atom is -0.321 e. The van der Waals surface area contributed by atoms with Crippen LogP contribution in [0.25, 0.3) is 34.1 Å². The third kappa shape index (κ3) is 3.92. The molecule has 8 nitrogen and oxygen atoms in total. The number of benzene rings is 2. The van der Waals surface area contributed by atoms with Crippen LogP contribution in [0.1, 0.15) is 30.5 Å². The lowest BCUT2D eigenvalue weighted by molar-refractivity contribution is -0.113. The molecule has 0 unspecified atom stereocenters. The number of carbonyl (C=O) groups excluding carboxylic acids is 1. The zero-order valence-electron chi connectivity index (χ0n) is 17.9. The van der Waals surface area contributed by atoms with Gasteiger partial charge in [0.2, 0.25) is 0 Å². The summed E-state index contributed by atoms with van der Waals surface area (Å²) in [6.45, 7) is 0. The number of nitrogens with zero attached hydrogens (tertiary/aromatic N) is 5. The van der Waals surface area contributed by atoms with Gasteiger partial charge in [0.1, 0.15) is 0 Å². The van der Waals surface area contributed by atoms with Gasteiger partial charge in [0.15, 0.2) is 5.65 Å². The van der Waals surface area contributed by atoms with Gasteiger partial charge in [-0.15, -0.1) is 0 Å². The topological polar surface area (TPSA) is 124 Å². The summed E-state index contributed by atoms with van der Waals surface area (Å²) in [6.07, 6.45) is 7.72. The van der Waals surface area contributed by atoms with E-state index < -0.39 is 5.91 Å². The van der Waals surface area contributed by atoms with Crippen molar-refractivity contribution >= 4 is 17.6 Å². The third-order valence-corrected chi connectivity index (χ3v) is 6.14. The molecule has 1 fully saturated rings. The van der Waals surface area contributed by atoms with Crippen molar-refractivity contribution in [3.05, 3.63) is 84.2 Å². The maximum atomic E-state index is 11.7. The van der Waals surface area contributed by atoms with Crippen molar-refractivity contribution in [3.63, 3.8) is 0 Å². The fraction of sp³-hybridized carbons (Fsp3) is 0.160. The number of amides is 1. The van der Waals surface area contributed by atoms with Gasteiger partial charge in [-0.05, 0) is 42.5 Å². The van der Waals surface area contributed by atoms with E-state index in [1.807, 2.05) is 24.3 Å². The van der Waals surface area contributed by atoms with Crippen molar-refractivity contribution in [2.24, 2.45) is 21.9 Å². The second-order valence-corrected chi connectivity index (χ2v) is 8.20. The van der Waals surface area contributed by atoms with Crippen molar-refractivity contribution in [2.45, 2.75) is 24.8 Å². The van der Waals surface area contributed by atoms with Crippen LogP contribution in [-0.4, -0.2) is 20.5 Å². The summed E-state index contributed by atoms with van der Waals surface area (Å²) in [5.41, 5.74) is 12.5. The molecule has 0 bridgehead atoms. The lowest BCUT2D eigenvalue weighted by Gasteiger charge is -2.38. The first kappa shape index (κ1) is 20.7. The van der Waals surface area contributed by atoms with Crippen LogP contribution in [-0.2, 0) is 10.3 Å². The maximum absolute atomic E-state index is 11.7. The summed E-state index contributed by atoms with van der Waals surface area (Å²) in [7, 11) is 0. The van der Waals surface area contributed by atoms with Crippen LogP contribution in [0.15, 0.2) is 83.3 Å².